The van der Waals surface area contributed by atoms with E-state index in [0.29, 0.717) is 5.96 Å². The monoisotopic (exact) mass is 197 g/mol. The highest BCUT2D eigenvalue weighted by Gasteiger charge is 2.00. The topological polar surface area (TPSA) is 50.4 Å². The second-order valence-electron chi connectivity index (χ2n) is 3.20. The Labute approximate surface area is 82.7 Å². The lowest BCUT2D eigenvalue weighted by atomic mass is 10.3. The van der Waals surface area contributed by atoms with Crippen LogP contribution in [0.2, 0.25) is 0 Å². The van der Waals surface area contributed by atoms with Gasteiger partial charge in [-0.15, -0.1) is 11.3 Å². The van der Waals surface area contributed by atoms with Crippen molar-refractivity contribution in [3.63, 3.8) is 0 Å². The van der Waals surface area contributed by atoms with E-state index in [4.69, 9.17) is 5.73 Å². The van der Waals surface area contributed by atoms with E-state index >= 15 is 0 Å². The van der Waals surface area contributed by atoms with Crippen LogP contribution in [0.3, 0.4) is 0 Å². The van der Waals surface area contributed by atoms with Crippen molar-refractivity contribution in [2.45, 2.75) is 26.8 Å². The highest BCUT2D eigenvalue weighted by atomic mass is 32.1. The smallest absolute Gasteiger partial charge is 0.193 e. The molecular formula is C9H15N3S. The number of nitrogens with one attached hydrogen (secondary N) is 1. The van der Waals surface area contributed by atoms with Gasteiger partial charge in [-0.2, -0.15) is 0 Å². The van der Waals surface area contributed by atoms with Crippen molar-refractivity contribution in [2.24, 2.45) is 10.7 Å². The number of hydrogen-bond acceptors (Lipinski definition) is 2. The third-order valence-corrected chi connectivity index (χ3v) is 2.38. The molecule has 3 N–H and O–H groups in total. The number of hydrogen-bond donors (Lipinski definition) is 2. The van der Waals surface area contributed by atoms with Gasteiger partial charge in [0.05, 0.1) is 5.69 Å². The molecule has 0 aromatic carbocycles. The van der Waals surface area contributed by atoms with E-state index in [1.807, 2.05) is 26.2 Å². The third-order valence-electron chi connectivity index (χ3n) is 1.52. The number of rotatable bonds is 2. The van der Waals surface area contributed by atoms with Gasteiger partial charge in [-0.1, -0.05) is 0 Å². The van der Waals surface area contributed by atoms with Crippen LogP contribution in [-0.4, -0.2) is 12.0 Å². The van der Waals surface area contributed by atoms with Gasteiger partial charge in [-0.05, 0) is 31.7 Å². The quantitative estimate of drug-likeness (QED) is 0.564. The largest absolute Gasteiger partial charge is 0.370 e. The number of nitrogens with zero attached hydrogens (tertiary/aromatic N) is 1. The molecular weight excluding hydrogens is 182 g/mol. The van der Waals surface area contributed by atoms with E-state index in [9.17, 15) is 0 Å². The molecule has 0 amide bonds. The first-order valence-electron chi connectivity index (χ1n) is 4.22. The SMILES string of the molecule is Cc1cscc1NC(N)=NC(C)C. The second-order valence-corrected chi connectivity index (χ2v) is 3.95. The Morgan fingerprint density at radius 1 is 1.54 bits per heavy atom. The Balaban J connectivity index is 2.65. The molecule has 4 heteroatoms. The molecule has 13 heavy (non-hydrogen) atoms. The molecule has 3 nitrogen and oxygen atoms in total. The Morgan fingerprint density at radius 2 is 2.23 bits per heavy atom. The Morgan fingerprint density at radius 3 is 2.69 bits per heavy atom. The van der Waals surface area contributed by atoms with E-state index in [2.05, 4.69) is 15.7 Å². The zero-order chi connectivity index (χ0) is 9.84. The number of nitrogens with two attached hydrogens (primary N) is 1. The molecule has 1 rings (SSSR count). The lowest BCUT2D eigenvalue weighted by Gasteiger charge is -2.05. The van der Waals surface area contributed by atoms with Crippen LogP contribution in [0.25, 0.3) is 0 Å². The van der Waals surface area contributed by atoms with E-state index in [0.717, 1.165) is 5.69 Å². The van der Waals surface area contributed by atoms with Gasteiger partial charge in [0.25, 0.3) is 0 Å². The molecule has 0 spiro atoms. The fourth-order valence-electron chi connectivity index (χ4n) is 0.937. The zero-order valence-electron chi connectivity index (χ0n) is 8.16. The Bertz CT molecular complexity index is 302. The summed E-state index contributed by atoms with van der Waals surface area (Å²) in [4.78, 5) is 4.18. The maximum Gasteiger partial charge on any atom is 0.193 e. The first-order chi connectivity index (χ1) is 6.09. The van der Waals surface area contributed by atoms with Gasteiger partial charge >= 0.3 is 0 Å². The average molecular weight is 197 g/mol. The molecule has 1 aromatic heterocycles. The molecule has 72 valence electrons. The fraction of sp³-hybridized carbons (Fsp3) is 0.444. The Hall–Kier alpha value is -1.03. The molecule has 0 aliphatic rings. The minimum Gasteiger partial charge on any atom is -0.370 e. The predicted molar refractivity (Wildman–Crippen MR) is 59.4 cm³/mol. The maximum atomic E-state index is 5.68. The zero-order valence-corrected chi connectivity index (χ0v) is 8.98. The van der Waals surface area contributed by atoms with Crippen molar-refractivity contribution in [1.29, 1.82) is 0 Å². The third kappa shape index (κ3) is 3.06. The highest BCUT2D eigenvalue weighted by Crippen LogP contribution is 2.18. The molecule has 0 unspecified atom stereocenters. The summed E-state index contributed by atoms with van der Waals surface area (Å²) in [6.45, 7) is 6.03. The van der Waals surface area contributed by atoms with Crippen LogP contribution in [0.5, 0.6) is 0 Å². The Kier molecular flexibility index (Phi) is 3.31. The fourth-order valence-corrected chi connectivity index (χ4v) is 1.72. The number of guanidine groups is 1. The van der Waals surface area contributed by atoms with Gasteiger partial charge in [-0.25, -0.2) is 0 Å². The maximum absolute atomic E-state index is 5.68. The molecule has 0 atom stereocenters. The summed E-state index contributed by atoms with van der Waals surface area (Å²) in [5, 5.41) is 7.16. The number of aryl methyl sites for hydroxylation is 1. The van der Waals surface area contributed by atoms with Crippen LogP contribution >= 0.6 is 11.3 Å². The number of anilines is 1. The molecule has 0 radical (unpaired) electrons. The summed E-state index contributed by atoms with van der Waals surface area (Å²) in [5.41, 5.74) is 7.93. The molecule has 0 saturated heterocycles. The van der Waals surface area contributed by atoms with Gasteiger partial charge in [-0.3, -0.25) is 4.99 Å². The van der Waals surface area contributed by atoms with Crippen molar-refractivity contribution in [1.82, 2.24) is 0 Å². The first kappa shape index (κ1) is 10.1. The summed E-state index contributed by atoms with van der Waals surface area (Å²) >= 11 is 1.65. The van der Waals surface area contributed by atoms with Crippen molar-refractivity contribution < 1.29 is 0 Å². The lowest BCUT2D eigenvalue weighted by Crippen LogP contribution is -2.24. The number of aliphatic imine (C=N–C) groups is 1. The molecule has 0 saturated carbocycles. The van der Waals surface area contributed by atoms with Crippen LogP contribution < -0.4 is 11.1 Å². The summed E-state index contributed by atoms with van der Waals surface area (Å²) in [5.74, 6) is 0.483. The molecule has 1 aromatic rings. The van der Waals surface area contributed by atoms with Crippen LogP contribution in [0.1, 0.15) is 19.4 Å². The lowest BCUT2D eigenvalue weighted by molar-refractivity contribution is 0.833. The van der Waals surface area contributed by atoms with Crippen molar-refractivity contribution in [3.8, 4) is 0 Å². The molecule has 0 aliphatic carbocycles. The second kappa shape index (κ2) is 4.28. The average Bonchev–Trinajstić information content (AvgIpc) is 2.34. The summed E-state index contributed by atoms with van der Waals surface area (Å²) in [6.07, 6.45) is 0. The van der Waals surface area contributed by atoms with Crippen molar-refractivity contribution in [3.05, 3.63) is 16.3 Å². The van der Waals surface area contributed by atoms with E-state index in [-0.39, 0.29) is 6.04 Å². The predicted octanol–water partition coefficient (Wildman–Crippen LogP) is 2.19. The minimum atomic E-state index is 0.228. The van der Waals surface area contributed by atoms with Gasteiger partial charge in [0.2, 0.25) is 0 Å². The first-order valence-corrected chi connectivity index (χ1v) is 5.17. The molecule has 1 heterocycles. The van der Waals surface area contributed by atoms with Gasteiger partial charge in [0, 0.05) is 11.4 Å². The van der Waals surface area contributed by atoms with Crippen LogP contribution in [0.15, 0.2) is 15.8 Å². The highest BCUT2D eigenvalue weighted by molar-refractivity contribution is 7.08. The van der Waals surface area contributed by atoms with Crippen LogP contribution in [0.4, 0.5) is 5.69 Å². The van der Waals surface area contributed by atoms with E-state index < -0.39 is 0 Å². The molecule has 0 aliphatic heterocycles. The minimum absolute atomic E-state index is 0.228. The normalized spacial score (nSPS) is 12.2. The van der Waals surface area contributed by atoms with Gasteiger partial charge in [0.1, 0.15) is 0 Å². The molecule has 0 bridgehead atoms. The van der Waals surface area contributed by atoms with Gasteiger partial charge in [0.15, 0.2) is 5.96 Å². The summed E-state index contributed by atoms with van der Waals surface area (Å²) in [7, 11) is 0. The number of thiophene rings is 1. The standard InChI is InChI=1S/C9H15N3S/c1-6(2)11-9(10)12-8-5-13-4-7(8)3/h4-6H,1-3H3,(H3,10,11,12). The van der Waals surface area contributed by atoms with Gasteiger partial charge < -0.3 is 11.1 Å². The van der Waals surface area contributed by atoms with E-state index in [1.165, 1.54) is 5.56 Å². The van der Waals surface area contributed by atoms with Crippen molar-refractivity contribution in [2.75, 3.05) is 5.32 Å². The summed E-state index contributed by atoms with van der Waals surface area (Å²) in [6, 6.07) is 0.228. The summed E-state index contributed by atoms with van der Waals surface area (Å²) < 4.78 is 0. The molecule has 0 fully saturated rings. The van der Waals surface area contributed by atoms with Crippen LogP contribution in [0, 0.1) is 6.92 Å². The van der Waals surface area contributed by atoms with Crippen molar-refractivity contribution >= 4 is 23.0 Å². The van der Waals surface area contributed by atoms with Crippen LogP contribution in [-0.2, 0) is 0 Å². The van der Waals surface area contributed by atoms with E-state index in [1.54, 1.807) is 11.3 Å².